The fraction of sp³-hybridized carbons (Fsp3) is 0.300. The molecule has 1 aliphatic rings. The van der Waals surface area contributed by atoms with Gasteiger partial charge in [-0.05, 0) is 37.6 Å². The average molecular weight is 395 g/mol. The quantitative estimate of drug-likeness (QED) is 0.683. The first kappa shape index (κ1) is 18.7. The summed E-state index contributed by atoms with van der Waals surface area (Å²) in [6, 6.07) is 8.57. The molecule has 1 atom stereocenters. The zero-order chi connectivity index (χ0) is 20.5. The largest absolute Gasteiger partial charge is 0.504 e. The molecule has 0 fully saturated rings. The van der Waals surface area contributed by atoms with E-state index >= 15 is 0 Å². The number of amides is 1. The minimum atomic E-state index is -0.224. The first-order chi connectivity index (χ1) is 14.0. The second-order valence-electron chi connectivity index (χ2n) is 6.66. The van der Waals surface area contributed by atoms with E-state index in [-0.39, 0.29) is 24.0 Å². The van der Waals surface area contributed by atoms with Crippen molar-refractivity contribution in [3.63, 3.8) is 0 Å². The number of nitrogens with zero attached hydrogens (tertiary/aromatic N) is 4. The molecule has 3 heterocycles. The van der Waals surface area contributed by atoms with E-state index < -0.39 is 0 Å². The number of phenols is 1. The highest BCUT2D eigenvalue weighted by molar-refractivity contribution is 5.95. The minimum absolute atomic E-state index is 0.0667. The zero-order valence-corrected chi connectivity index (χ0v) is 16.3. The van der Waals surface area contributed by atoms with Crippen LogP contribution in [0.5, 0.6) is 17.4 Å². The van der Waals surface area contributed by atoms with Crippen molar-refractivity contribution in [1.29, 1.82) is 0 Å². The van der Waals surface area contributed by atoms with Crippen molar-refractivity contribution >= 4 is 11.7 Å². The van der Waals surface area contributed by atoms with Gasteiger partial charge in [-0.3, -0.25) is 4.79 Å². The Morgan fingerprint density at radius 2 is 2.10 bits per heavy atom. The summed E-state index contributed by atoms with van der Waals surface area (Å²) >= 11 is 0. The first-order valence-electron chi connectivity index (χ1n) is 9.25. The first-order valence-corrected chi connectivity index (χ1v) is 9.25. The highest BCUT2D eigenvalue weighted by atomic mass is 16.5. The van der Waals surface area contributed by atoms with Crippen molar-refractivity contribution in [3.8, 4) is 23.2 Å². The van der Waals surface area contributed by atoms with Gasteiger partial charge in [0.2, 0.25) is 11.8 Å². The molecule has 1 unspecified atom stereocenters. The fourth-order valence-electron chi connectivity index (χ4n) is 3.55. The molecule has 0 spiro atoms. The maximum Gasteiger partial charge on any atom is 0.233 e. The van der Waals surface area contributed by atoms with Gasteiger partial charge < -0.3 is 19.9 Å². The summed E-state index contributed by atoms with van der Waals surface area (Å²) < 4.78 is 12.1. The Morgan fingerprint density at radius 1 is 1.28 bits per heavy atom. The molecule has 0 saturated heterocycles. The van der Waals surface area contributed by atoms with Crippen molar-refractivity contribution in [2.24, 2.45) is 0 Å². The smallest absolute Gasteiger partial charge is 0.233 e. The van der Waals surface area contributed by atoms with Crippen LogP contribution >= 0.6 is 0 Å². The van der Waals surface area contributed by atoms with Crippen LogP contribution in [0.4, 0.5) is 5.82 Å². The SMILES string of the molecule is CCOc1cc(C2CC(=O)Nc3c2c(C)nn3-c2ccc(OC)nn2)ccc1O. The molecule has 9 nitrogen and oxygen atoms in total. The molecule has 1 aromatic carbocycles. The molecule has 0 radical (unpaired) electrons. The van der Waals surface area contributed by atoms with Crippen LogP contribution in [0.25, 0.3) is 5.82 Å². The van der Waals surface area contributed by atoms with Gasteiger partial charge in [-0.2, -0.15) is 9.78 Å². The van der Waals surface area contributed by atoms with E-state index in [1.165, 1.54) is 7.11 Å². The van der Waals surface area contributed by atoms with Crippen molar-refractivity contribution in [2.45, 2.75) is 26.2 Å². The van der Waals surface area contributed by atoms with Gasteiger partial charge in [0.1, 0.15) is 5.82 Å². The van der Waals surface area contributed by atoms with Gasteiger partial charge in [0.05, 0.1) is 19.4 Å². The van der Waals surface area contributed by atoms with Gasteiger partial charge >= 0.3 is 0 Å². The molecule has 1 aliphatic heterocycles. The molecule has 1 amide bonds. The fourth-order valence-corrected chi connectivity index (χ4v) is 3.55. The Labute approximate surface area is 167 Å². The monoisotopic (exact) mass is 395 g/mol. The Balaban J connectivity index is 1.81. The summed E-state index contributed by atoms with van der Waals surface area (Å²) in [5.74, 6) is 1.53. The van der Waals surface area contributed by atoms with Crippen molar-refractivity contribution < 1.29 is 19.4 Å². The van der Waals surface area contributed by atoms with E-state index in [1.807, 2.05) is 13.8 Å². The van der Waals surface area contributed by atoms with E-state index in [9.17, 15) is 9.90 Å². The number of methoxy groups -OCH3 is 1. The summed E-state index contributed by atoms with van der Waals surface area (Å²) in [7, 11) is 1.52. The highest BCUT2D eigenvalue weighted by Crippen LogP contribution is 2.42. The lowest BCUT2D eigenvalue weighted by atomic mass is 9.85. The van der Waals surface area contributed by atoms with Crippen LogP contribution < -0.4 is 14.8 Å². The lowest BCUT2D eigenvalue weighted by Crippen LogP contribution is -2.25. The third kappa shape index (κ3) is 3.35. The Kier molecular flexibility index (Phi) is 4.79. The number of hydrogen-bond acceptors (Lipinski definition) is 7. The summed E-state index contributed by atoms with van der Waals surface area (Å²) in [5, 5.41) is 25.6. The van der Waals surface area contributed by atoms with Crippen LogP contribution in [0.3, 0.4) is 0 Å². The van der Waals surface area contributed by atoms with Crippen LogP contribution in [-0.2, 0) is 4.79 Å². The number of aromatic nitrogens is 4. The topological polar surface area (TPSA) is 111 Å². The van der Waals surface area contributed by atoms with E-state index in [1.54, 1.807) is 35.0 Å². The second kappa shape index (κ2) is 7.42. The van der Waals surface area contributed by atoms with E-state index in [2.05, 4.69) is 20.6 Å². The van der Waals surface area contributed by atoms with E-state index in [0.29, 0.717) is 29.9 Å². The molecular weight excluding hydrogens is 374 g/mol. The van der Waals surface area contributed by atoms with Gasteiger partial charge in [-0.1, -0.05) is 6.07 Å². The number of carbonyl (C=O) groups excluding carboxylic acids is 1. The summed E-state index contributed by atoms with van der Waals surface area (Å²) in [5.41, 5.74) is 2.54. The molecule has 150 valence electrons. The molecular formula is C20H21N5O4. The standard InChI is InChI=1S/C20H21N5O4/c1-4-29-15-9-12(5-6-14(15)26)13-10-17(27)21-20-19(13)11(2)24-25(20)16-7-8-18(28-3)23-22-16/h5-9,13,26H,4,10H2,1-3H3,(H,21,27). The van der Waals surface area contributed by atoms with Gasteiger partial charge in [-0.15, -0.1) is 10.2 Å². The lowest BCUT2D eigenvalue weighted by molar-refractivity contribution is -0.116. The molecule has 3 aromatic rings. The average Bonchev–Trinajstić information content (AvgIpc) is 3.05. The van der Waals surface area contributed by atoms with Crippen LogP contribution in [0, 0.1) is 6.92 Å². The molecule has 4 rings (SSSR count). The molecule has 9 heteroatoms. The van der Waals surface area contributed by atoms with Gasteiger partial charge in [0.15, 0.2) is 17.3 Å². The van der Waals surface area contributed by atoms with Crippen molar-refractivity contribution in [1.82, 2.24) is 20.0 Å². The molecule has 0 aliphatic carbocycles. The zero-order valence-electron chi connectivity index (χ0n) is 16.3. The van der Waals surface area contributed by atoms with Gasteiger partial charge in [0.25, 0.3) is 0 Å². The molecule has 2 aromatic heterocycles. The summed E-state index contributed by atoms with van der Waals surface area (Å²) in [4.78, 5) is 12.5. The number of phenolic OH excluding ortho intramolecular Hbond substituents is 1. The van der Waals surface area contributed by atoms with Crippen molar-refractivity contribution in [2.75, 3.05) is 19.0 Å². The molecule has 2 N–H and O–H groups in total. The van der Waals surface area contributed by atoms with E-state index in [4.69, 9.17) is 9.47 Å². The molecule has 29 heavy (non-hydrogen) atoms. The third-order valence-corrected chi connectivity index (χ3v) is 4.84. The molecule has 0 bridgehead atoms. The molecule has 0 saturated carbocycles. The van der Waals surface area contributed by atoms with Crippen molar-refractivity contribution in [3.05, 3.63) is 47.2 Å². The Morgan fingerprint density at radius 3 is 2.79 bits per heavy atom. The van der Waals surface area contributed by atoms with Gasteiger partial charge in [-0.25, -0.2) is 0 Å². The normalized spacial score (nSPS) is 15.6. The van der Waals surface area contributed by atoms with Crippen LogP contribution in [0.1, 0.15) is 36.1 Å². The third-order valence-electron chi connectivity index (χ3n) is 4.84. The number of anilines is 1. The number of rotatable bonds is 5. The van der Waals surface area contributed by atoms with Crippen LogP contribution in [0.2, 0.25) is 0 Å². The predicted octanol–water partition coefficient (Wildman–Crippen LogP) is 2.56. The van der Waals surface area contributed by atoms with Gasteiger partial charge in [0, 0.05) is 24.0 Å². The lowest BCUT2D eigenvalue weighted by Gasteiger charge is -2.24. The number of ether oxygens (including phenoxy) is 2. The highest BCUT2D eigenvalue weighted by Gasteiger charge is 2.33. The Hall–Kier alpha value is -3.62. The minimum Gasteiger partial charge on any atom is -0.504 e. The number of fused-ring (bicyclic) bond motifs is 1. The number of nitrogens with one attached hydrogen (secondary N) is 1. The van der Waals surface area contributed by atoms with Crippen LogP contribution in [-0.4, -0.2) is 44.7 Å². The number of aryl methyl sites for hydroxylation is 1. The Bertz CT molecular complexity index is 1060. The summed E-state index contributed by atoms with van der Waals surface area (Å²) in [6.07, 6.45) is 0.268. The number of hydrogen-bond donors (Lipinski definition) is 2. The van der Waals surface area contributed by atoms with E-state index in [0.717, 1.165) is 16.8 Å². The number of carbonyl (C=O) groups is 1. The second-order valence-corrected chi connectivity index (χ2v) is 6.66. The number of aromatic hydroxyl groups is 1. The number of benzene rings is 1. The maximum absolute atomic E-state index is 12.5. The summed E-state index contributed by atoms with van der Waals surface area (Å²) in [6.45, 7) is 4.17. The van der Waals surface area contributed by atoms with Crippen LogP contribution in [0.15, 0.2) is 30.3 Å². The predicted molar refractivity (Wildman–Crippen MR) is 105 cm³/mol. The maximum atomic E-state index is 12.5.